The molecule has 0 saturated carbocycles. The summed E-state index contributed by atoms with van der Waals surface area (Å²) in [5.41, 5.74) is 3.01. The molecule has 4 aromatic rings. The van der Waals surface area contributed by atoms with Crippen molar-refractivity contribution in [2.24, 2.45) is 5.92 Å². The first-order chi connectivity index (χ1) is 20.8. The number of aryl methyl sites for hydroxylation is 1. The topological polar surface area (TPSA) is 115 Å². The fourth-order valence-corrected chi connectivity index (χ4v) is 8.31. The Balaban J connectivity index is 1.36. The molecule has 218 valence electrons. The van der Waals surface area contributed by atoms with E-state index in [0.717, 1.165) is 39.1 Å². The Morgan fingerprint density at radius 3 is 2.30 bits per heavy atom. The van der Waals surface area contributed by atoms with Gasteiger partial charge in [-0.2, -0.15) is 0 Å². The molecule has 0 spiro atoms. The maximum Gasteiger partial charge on any atom is 0.338 e. The van der Waals surface area contributed by atoms with Crippen LogP contribution in [0.4, 0.5) is 11.4 Å². The molecular weight excluding hydrogens is 587 g/mol. The summed E-state index contributed by atoms with van der Waals surface area (Å²) in [7, 11) is 0. The molecule has 2 aliphatic heterocycles. The number of benzene rings is 3. The Labute approximate surface area is 255 Å². The highest BCUT2D eigenvalue weighted by Gasteiger charge is 2.56. The molecule has 1 saturated heterocycles. The lowest BCUT2D eigenvalue weighted by molar-refractivity contribution is -0.122. The van der Waals surface area contributed by atoms with Gasteiger partial charge in [-0.05, 0) is 55.3 Å². The number of para-hydroxylation sites is 1. The van der Waals surface area contributed by atoms with Gasteiger partial charge >= 0.3 is 10.8 Å². The summed E-state index contributed by atoms with van der Waals surface area (Å²) in [6.07, 6.45) is 0. The number of hydrogen-bond acceptors (Lipinski definition) is 8. The van der Waals surface area contributed by atoms with Gasteiger partial charge in [0.2, 0.25) is 17.7 Å². The van der Waals surface area contributed by atoms with Crippen molar-refractivity contribution in [1.82, 2.24) is 4.57 Å². The Morgan fingerprint density at radius 1 is 0.907 bits per heavy atom. The second kappa shape index (κ2) is 11.7. The highest BCUT2D eigenvalue weighted by Crippen LogP contribution is 2.53. The summed E-state index contributed by atoms with van der Waals surface area (Å²) in [6.45, 7) is 3.60. The van der Waals surface area contributed by atoms with E-state index in [1.165, 1.54) is 16.7 Å². The molecule has 43 heavy (non-hydrogen) atoms. The van der Waals surface area contributed by atoms with Gasteiger partial charge < -0.3 is 10.1 Å². The third-order valence-corrected chi connectivity index (χ3v) is 10.2. The number of thioether (sulfide) groups is 1. The lowest BCUT2D eigenvalue weighted by Crippen LogP contribution is -2.33. The summed E-state index contributed by atoms with van der Waals surface area (Å²) in [5, 5.41) is 2.58. The molecule has 1 fully saturated rings. The van der Waals surface area contributed by atoms with E-state index in [9.17, 15) is 24.0 Å². The van der Waals surface area contributed by atoms with E-state index >= 15 is 0 Å². The van der Waals surface area contributed by atoms with Crippen LogP contribution in [0.1, 0.15) is 39.2 Å². The molecule has 0 bridgehead atoms. The number of ether oxygens (including phenoxy) is 1. The Kier molecular flexibility index (Phi) is 7.76. The van der Waals surface area contributed by atoms with Crippen molar-refractivity contribution < 1.29 is 23.9 Å². The maximum absolute atomic E-state index is 14.0. The summed E-state index contributed by atoms with van der Waals surface area (Å²) in [4.78, 5) is 68.0. The van der Waals surface area contributed by atoms with Crippen LogP contribution in [0.25, 0.3) is 0 Å². The summed E-state index contributed by atoms with van der Waals surface area (Å²) in [5.74, 6) is -2.96. The molecule has 2 aliphatic rings. The van der Waals surface area contributed by atoms with Crippen molar-refractivity contribution in [2.75, 3.05) is 16.8 Å². The molecule has 1 aromatic heterocycles. The summed E-state index contributed by atoms with van der Waals surface area (Å²) < 4.78 is 6.45. The second-order valence-electron chi connectivity index (χ2n) is 10.2. The standard InChI is InChI=1S/C32H27N3O6S2/c1-3-41-31(39)20-13-15-21(16-14-20)35-28(37)25-24(19-10-5-4-6-11-19)27-30(42-26(25)29(35)38)34(32(40)43-27)17-23(36)33-22-12-8-7-9-18(22)2/h4-16,24-26H,3,17H2,1-2H3,(H,33,36)/t24-,25-,26+/m0/s1. The van der Waals surface area contributed by atoms with E-state index in [-0.39, 0.29) is 29.8 Å². The number of anilines is 2. The number of amides is 3. The molecular formula is C32H27N3O6S2. The van der Waals surface area contributed by atoms with Gasteiger partial charge in [-0.15, -0.1) is 0 Å². The zero-order chi connectivity index (χ0) is 30.2. The number of hydrogen-bond donors (Lipinski definition) is 1. The summed E-state index contributed by atoms with van der Waals surface area (Å²) >= 11 is 2.16. The van der Waals surface area contributed by atoms with E-state index in [1.807, 2.05) is 55.5 Å². The molecule has 11 heteroatoms. The molecule has 1 N–H and O–H groups in total. The van der Waals surface area contributed by atoms with Gasteiger partial charge in [-0.25, -0.2) is 9.69 Å². The van der Waals surface area contributed by atoms with Crippen molar-refractivity contribution in [3.8, 4) is 0 Å². The second-order valence-corrected chi connectivity index (χ2v) is 12.3. The molecule has 6 rings (SSSR count). The number of imide groups is 1. The third kappa shape index (κ3) is 5.19. The average Bonchev–Trinajstić information content (AvgIpc) is 3.45. The number of thiazole rings is 1. The van der Waals surface area contributed by atoms with Gasteiger partial charge in [0.1, 0.15) is 11.8 Å². The van der Waals surface area contributed by atoms with Gasteiger partial charge in [-0.1, -0.05) is 71.6 Å². The SMILES string of the molecule is CCOC(=O)c1ccc(N2C(=O)[C@H]3[C@H](c4ccccc4)c4sc(=O)n(CC(=O)Nc5ccccc5C)c4S[C@H]3C2=O)cc1. The first kappa shape index (κ1) is 28.6. The molecule has 3 amide bonds. The van der Waals surface area contributed by atoms with Crippen molar-refractivity contribution in [1.29, 1.82) is 0 Å². The first-order valence-corrected chi connectivity index (χ1v) is 15.4. The Morgan fingerprint density at radius 2 is 1.60 bits per heavy atom. The van der Waals surface area contributed by atoms with Crippen molar-refractivity contribution >= 4 is 58.2 Å². The predicted molar refractivity (Wildman–Crippen MR) is 165 cm³/mol. The number of nitrogens with zero attached hydrogens (tertiary/aromatic N) is 2. The zero-order valence-corrected chi connectivity index (χ0v) is 24.9. The van der Waals surface area contributed by atoms with Crippen molar-refractivity contribution in [2.45, 2.75) is 36.6 Å². The smallest absolute Gasteiger partial charge is 0.338 e. The number of rotatable bonds is 7. The van der Waals surface area contributed by atoms with Gasteiger partial charge in [0.05, 0.1) is 28.8 Å². The Hall–Kier alpha value is -4.48. The lowest BCUT2D eigenvalue weighted by Gasteiger charge is -2.30. The molecule has 9 nitrogen and oxygen atoms in total. The van der Waals surface area contributed by atoms with Crippen LogP contribution in [0.5, 0.6) is 0 Å². The van der Waals surface area contributed by atoms with E-state index in [0.29, 0.717) is 26.8 Å². The minimum absolute atomic E-state index is 0.230. The van der Waals surface area contributed by atoms with E-state index in [4.69, 9.17) is 4.74 Å². The molecule has 3 aromatic carbocycles. The molecule has 0 unspecified atom stereocenters. The van der Waals surface area contributed by atoms with Gasteiger partial charge in [-0.3, -0.25) is 23.7 Å². The minimum atomic E-state index is -0.811. The third-order valence-electron chi connectivity index (χ3n) is 7.57. The number of carbonyl (C=O) groups excluding carboxylic acids is 4. The normalized spacial score (nSPS) is 19.1. The van der Waals surface area contributed by atoms with E-state index in [2.05, 4.69) is 5.32 Å². The molecule has 0 aliphatic carbocycles. The minimum Gasteiger partial charge on any atom is -0.462 e. The highest BCUT2D eigenvalue weighted by atomic mass is 32.2. The van der Waals surface area contributed by atoms with Crippen LogP contribution in [0.3, 0.4) is 0 Å². The predicted octanol–water partition coefficient (Wildman–Crippen LogP) is 4.83. The van der Waals surface area contributed by atoms with Crippen LogP contribution in [-0.2, 0) is 25.7 Å². The van der Waals surface area contributed by atoms with E-state index < -0.39 is 29.0 Å². The number of esters is 1. The van der Waals surface area contributed by atoms with Crippen LogP contribution in [0, 0.1) is 12.8 Å². The number of aromatic nitrogens is 1. The van der Waals surface area contributed by atoms with Crippen LogP contribution in [0.15, 0.2) is 88.7 Å². The fourth-order valence-electron chi connectivity index (χ4n) is 5.54. The molecule has 0 radical (unpaired) electrons. The summed E-state index contributed by atoms with van der Waals surface area (Å²) in [6, 6.07) is 22.9. The maximum atomic E-state index is 14.0. The number of fused-ring (bicyclic) bond motifs is 2. The monoisotopic (exact) mass is 613 g/mol. The molecule has 3 atom stereocenters. The lowest BCUT2D eigenvalue weighted by atomic mass is 9.83. The molecule has 3 heterocycles. The fraction of sp³-hybridized carbons (Fsp3) is 0.219. The van der Waals surface area contributed by atoms with Crippen LogP contribution in [-0.4, -0.2) is 40.1 Å². The highest BCUT2D eigenvalue weighted by molar-refractivity contribution is 8.00. The number of nitrogens with one attached hydrogen (secondary N) is 1. The van der Waals surface area contributed by atoms with Gasteiger partial charge in [0.15, 0.2) is 0 Å². The van der Waals surface area contributed by atoms with E-state index in [1.54, 1.807) is 25.1 Å². The van der Waals surface area contributed by atoms with Crippen molar-refractivity contribution in [3.63, 3.8) is 0 Å². The first-order valence-electron chi connectivity index (χ1n) is 13.7. The van der Waals surface area contributed by atoms with Crippen LogP contribution in [0.2, 0.25) is 0 Å². The quantitative estimate of drug-likeness (QED) is 0.235. The van der Waals surface area contributed by atoms with Crippen LogP contribution >= 0.6 is 23.1 Å². The zero-order valence-electron chi connectivity index (χ0n) is 23.3. The van der Waals surface area contributed by atoms with Gasteiger partial charge in [0.25, 0.3) is 0 Å². The Bertz CT molecular complexity index is 1800. The average molecular weight is 614 g/mol. The van der Waals surface area contributed by atoms with Crippen molar-refractivity contribution in [3.05, 3.63) is 110 Å². The largest absolute Gasteiger partial charge is 0.462 e. The van der Waals surface area contributed by atoms with Gasteiger partial charge in [0, 0.05) is 16.5 Å². The number of carbonyl (C=O) groups is 4. The van der Waals surface area contributed by atoms with Crippen LogP contribution < -0.4 is 15.1 Å².